The lowest BCUT2D eigenvalue weighted by molar-refractivity contribution is 0.102. The number of ether oxygens (including phenoxy) is 1. The van der Waals surface area contributed by atoms with Gasteiger partial charge in [0.2, 0.25) is 21.7 Å². The van der Waals surface area contributed by atoms with E-state index in [1.54, 1.807) is 43.3 Å². The monoisotopic (exact) mass is 470 g/mol. The minimum Gasteiger partial charge on any atom is -0.485 e. The van der Waals surface area contributed by atoms with Crippen molar-refractivity contribution in [2.45, 2.75) is 38.2 Å². The zero-order valence-corrected chi connectivity index (χ0v) is 19.3. The van der Waals surface area contributed by atoms with Crippen LogP contribution in [0.15, 0.2) is 57.9 Å². The minimum atomic E-state index is -3.52. The standard InChI is InChI=1S/C23H26N4O5S/c1-16-11-13-27(14-12-16)33(29,30)21-9-5-19(6-10-21)25-23(28)18-3-7-20(8-4-18)31-15-22-24-17(2)32-26-22/h3-10,16H,11-15H2,1-2H3,(H,25,28). The number of benzene rings is 2. The van der Waals surface area contributed by atoms with Gasteiger partial charge in [-0.2, -0.15) is 9.29 Å². The molecular formula is C23H26N4O5S. The number of aryl methyl sites for hydroxylation is 1. The number of amides is 1. The molecule has 4 rings (SSSR count). The third kappa shape index (κ3) is 5.58. The highest BCUT2D eigenvalue weighted by molar-refractivity contribution is 7.89. The van der Waals surface area contributed by atoms with E-state index in [4.69, 9.17) is 9.26 Å². The highest BCUT2D eigenvalue weighted by atomic mass is 32.2. The largest absolute Gasteiger partial charge is 0.485 e. The molecule has 1 saturated heterocycles. The van der Waals surface area contributed by atoms with E-state index in [2.05, 4.69) is 22.4 Å². The summed E-state index contributed by atoms with van der Waals surface area (Å²) in [7, 11) is -3.52. The van der Waals surface area contributed by atoms with Gasteiger partial charge in [-0.05, 0) is 67.3 Å². The van der Waals surface area contributed by atoms with E-state index in [0.29, 0.717) is 47.7 Å². The van der Waals surface area contributed by atoms with Crippen LogP contribution >= 0.6 is 0 Å². The minimum absolute atomic E-state index is 0.161. The molecule has 1 aliphatic heterocycles. The van der Waals surface area contributed by atoms with Crippen LogP contribution in [0.4, 0.5) is 5.69 Å². The zero-order valence-electron chi connectivity index (χ0n) is 18.5. The van der Waals surface area contributed by atoms with E-state index >= 15 is 0 Å². The second kappa shape index (κ2) is 9.72. The quantitative estimate of drug-likeness (QED) is 0.561. The van der Waals surface area contributed by atoms with Gasteiger partial charge in [0.1, 0.15) is 5.75 Å². The molecule has 0 atom stereocenters. The topological polar surface area (TPSA) is 115 Å². The van der Waals surface area contributed by atoms with Gasteiger partial charge in [0, 0.05) is 31.3 Å². The van der Waals surface area contributed by atoms with Gasteiger partial charge in [-0.15, -0.1) is 0 Å². The van der Waals surface area contributed by atoms with Crippen LogP contribution < -0.4 is 10.1 Å². The van der Waals surface area contributed by atoms with E-state index < -0.39 is 10.0 Å². The molecule has 0 unspecified atom stereocenters. The molecular weight excluding hydrogens is 444 g/mol. The van der Waals surface area contributed by atoms with Crippen molar-refractivity contribution >= 4 is 21.6 Å². The number of aromatic nitrogens is 2. The average molecular weight is 471 g/mol. The average Bonchev–Trinajstić information content (AvgIpc) is 3.24. The van der Waals surface area contributed by atoms with E-state index in [-0.39, 0.29) is 17.4 Å². The van der Waals surface area contributed by atoms with E-state index in [1.165, 1.54) is 16.4 Å². The Morgan fingerprint density at radius 1 is 1.12 bits per heavy atom. The van der Waals surface area contributed by atoms with Crippen molar-refractivity contribution in [1.29, 1.82) is 0 Å². The van der Waals surface area contributed by atoms with Gasteiger partial charge >= 0.3 is 0 Å². The van der Waals surface area contributed by atoms with Crippen molar-refractivity contribution in [2.24, 2.45) is 5.92 Å². The molecule has 0 spiro atoms. The van der Waals surface area contributed by atoms with Gasteiger partial charge in [0.15, 0.2) is 6.61 Å². The third-order valence-corrected chi connectivity index (χ3v) is 7.46. The molecule has 1 fully saturated rings. The van der Waals surface area contributed by atoms with Crippen LogP contribution in [0, 0.1) is 12.8 Å². The third-order valence-electron chi connectivity index (χ3n) is 5.55. The van der Waals surface area contributed by atoms with Crippen molar-refractivity contribution < 1.29 is 22.5 Å². The van der Waals surface area contributed by atoms with Gasteiger partial charge < -0.3 is 14.6 Å². The van der Waals surface area contributed by atoms with Crippen LogP contribution in [-0.4, -0.2) is 41.9 Å². The molecule has 9 nitrogen and oxygen atoms in total. The molecule has 0 bridgehead atoms. The van der Waals surface area contributed by atoms with Crippen LogP contribution in [0.5, 0.6) is 5.75 Å². The molecule has 174 valence electrons. The normalized spacial score (nSPS) is 15.3. The number of piperidine rings is 1. The number of rotatable bonds is 7. The number of sulfonamides is 1. The van der Waals surface area contributed by atoms with Crippen molar-refractivity contribution in [3.8, 4) is 5.75 Å². The Morgan fingerprint density at radius 2 is 1.79 bits per heavy atom. The van der Waals surface area contributed by atoms with Crippen LogP contribution in [-0.2, 0) is 16.6 Å². The molecule has 0 saturated carbocycles. The Kier molecular flexibility index (Phi) is 6.75. The first-order valence-corrected chi connectivity index (χ1v) is 12.2. The molecule has 1 aromatic heterocycles. The molecule has 1 N–H and O–H groups in total. The summed E-state index contributed by atoms with van der Waals surface area (Å²) in [5.41, 5.74) is 0.955. The fourth-order valence-corrected chi connectivity index (χ4v) is 5.01. The molecule has 2 aromatic carbocycles. The fraction of sp³-hybridized carbons (Fsp3) is 0.348. The summed E-state index contributed by atoms with van der Waals surface area (Å²) in [4.78, 5) is 16.8. The van der Waals surface area contributed by atoms with Crippen LogP contribution in [0.1, 0.15) is 41.8 Å². The number of hydrogen-bond donors (Lipinski definition) is 1. The lowest BCUT2D eigenvalue weighted by atomic mass is 10.0. The second-order valence-electron chi connectivity index (χ2n) is 8.11. The van der Waals surface area contributed by atoms with Crippen molar-refractivity contribution in [1.82, 2.24) is 14.4 Å². The Morgan fingerprint density at radius 3 is 2.39 bits per heavy atom. The highest BCUT2D eigenvalue weighted by Crippen LogP contribution is 2.24. The first kappa shape index (κ1) is 22.9. The van der Waals surface area contributed by atoms with Crippen molar-refractivity contribution in [3.05, 3.63) is 65.8 Å². The summed E-state index contributed by atoms with van der Waals surface area (Å²) < 4.78 is 37.7. The molecule has 3 aromatic rings. The van der Waals surface area contributed by atoms with Crippen molar-refractivity contribution in [2.75, 3.05) is 18.4 Å². The molecule has 2 heterocycles. The predicted molar refractivity (Wildman–Crippen MR) is 121 cm³/mol. The van der Waals surface area contributed by atoms with E-state index in [1.807, 2.05) is 0 Å². The Labute approximate surface area is 192 Å². The summed E-state index contributed by atoms with van der Waals surface area (Å²) in [5, 5.41) is 6.54. The lowest BCUT2D eigenvalue weighted by Crippen LogP contribution is -2.37. The van der Waals surface area contributed by atoms with Crippen LogP contribution in [0.2, 0.25) is 0 Å². The molecule has 1 aliphatic rings. The van der Waals surface area contributed by atoms with Crippen molar-refractivity contribution in [3.63, 3.8) is 0 Å². The van der Waals surface area contributed by atoms with E-state index in [9.17, 15) is 13.2 Å². The van der Waals surface area contributed by atoms with Crippen LogP contribution in [0.25, 0.3) is 0 Å². The summed E-state index contributed by atoms with van der Waals surface area (Å²) in [6.45, 7) is 5.08. The maximum atomic E-state index is 12.8. The van der Waals surface area contributed by atoms with Crippen LogP contribution in [0.3, 0.4) is 0 Å². The molecule has 0 radical (unpaired) electrons. The highest BCUT2D eigenvalue weighted by Gasteiger charge is 2.27. The van der Waals surface area contributed by atoms with E-state index in [0.717, 1.165) is 12.8 Å². The summed E-state index contributed by atoms with van der Waals surface area (Å²) in [6.07, 6.45) is 1.74. The second-order valence-corrected chi connectivity index (χ2v) is 10.0. The Bertz CT molecular complexity index is 1200. The van der Waals surface area contributed by atoms with Gasteiger partial charge in [0.05, 0.1) is 4.90 Å². The lowest BCUT2D eigenvalue weighted by Gasteiger charge is -2.29. The van der Waals surface area contributed by atoms with Gasteiger partial charge in [-0.1, -0.05) is 12.1 Å². The number of nitrogens with one attached hydrogen (secondary N) is 1. The maximum Gasteiger partial charge on any atom is 0.255 e. The summed E-state index contributed by atoms with van der Waals surface area (Å²) in [5.74, 6) is 1.71. The Hall–Kier alpha value is -3.24. The zero-order chi connectivity index (χ0) is 23.4. The SMILES string of the molecule is Cc1nc(COc2ccc(C(=O)Nc3ccc(S(=O)(=O)N4CCC(C)CC4)cc3)cc2)no1. The summed E-state index contributed by atoms with van der Waals surface area (Å²) >= 11 is 0. The van der Waals surface area contributed by atoms with Gasteiger partial charge in [0.25, 0.3) is 5.91 Å². The smallest absolute Gasteiger partial charge is 0.255 e. The molecule has 1 amide bonds. The molecule has 33 heavy (non-hydrogen) atoms. The fourth-order valence-electron chi connectivity index (χ4n) is 3.54. The summed E-state index contributed by atoms with van der Waals surface area (Å²) in [6, 6.07) is 12.9. The molecule has 0 aliphatic carbocycles. The molecule has 10 heteroatoms. The number of carbonyl (C=O) groups is 1. The van der Waals surface area contributed by atoms with Gasteiger partial charge in [-0.25, -0.2) is 8.42 Å². The first-order valence-electron chi connectivity index (χ1n) is 10.7. The van der Waals surface area contributed by atoms with Gasteiger partial charge in [-0.3, -0.25) is 4.79 Å². The Balaban J connectivity index is 1.34. The number of hydrogen-bond acceptors (Lipinski definition) is 7. The maximum absolute atomic E-state index is 12.8. The number of carbonyl (C=O) groups excluding carboxylic acids is 1. The number of anilines is 1. The first-order chi connectivity index (χ1) is 15.8. The number of nitrogens with zero attached hydrogens (tertiary/aromatic N) is 3. The predicted octanol–water partition coefficient (Wildman–Crippen LogP) is 3.63.